The van der Waals surface area contributed by atoms with Crippen LogP contribution in [0.4, 0.5) is 11.4 Å². The number of amides is 1. The number of thioether (sulfide) groups is 1. The zero-order valence-corrected chi connectivity index (χ0v) is 22.4. The zero-order valence-electron chi connectivity index (χ0n) is 20.0. The van der Waals surface area contributed by atoms with Gasteiger partial charge in [0.1, 0.15) is 12.3 Å². The van der Waals surface area contributed by atoms with E-state index in [-0.39, 0.29) is 10.6 Å². The van der Waals surface area contributed by atoms with Crippen molar-refractivity contribution in [1.82, 2.24) is 0 Å². The SMILES string of the molecule is COc1ccc(S(=O)(=O)N(CC(=O)Nc2ccc(CSc3ccccc3)cc2)c2cccc(Cl)c2)cc1. The number of nitrogens with zero attached hydrogens (tertiary/aromatic N) is 1. The largest absolute Gasteiger partial charge is 0.497 e. The first-order valence-corrected chi connectivity index (χ1v) is 14.1. The standard InChI is InChI=1S/C28H25ClN2O4S2/c1-35-25-14-16-27(17-15-25)37(33,34)31(24-7-5-6-22(29)18-24)19-28(32)30-23-12-10-21(11-13-23)20-36-26-8-3-2-4-9-26/h2-18H,19-20H2,1H3,(H,30,32). The summed E-state index contributed by atoms with van der Waals surface area (Å²) >= 11 is 7.85. The molecule has 0 aliphatic rings. The van der Waals surface area contributed by atoms with Crippen LogP contribution in [0, 0.1) is 0 Å². The van der Waals surface area contributed by atoms with Gasteiger partial charge in [-0.25, -0.2) is 8.42 Å². The molecule has 0 heterocycles. The molecule has 0 fully saturated rings. The van der Waals surface area contributed by atoms with Crippen molar-refractivity contribution in [2.45, 2.75) is 15.5 Å². The summed E-state index contributed by atoms with van der Waals surface area (Å²) in [6.07, 6.45) is 0. The van der Waals surface area contributed by atoms with Gasteiger partial charge in [-0.2, -0.15) is 0 Å². The van der Waals surface area contributed by atoms with Crippen molar-refractivity contribution in [3.05, 3.63) is 114 Å². The predicted octanol–water partition coefficient (Wildman–Crippen LogP) is 6.47. The second-order valence-corrected chi connectivity index (χ2v) is 11.4. The number of hydrogen-bond acceptors (Lipinski definition) is 5. The van der Waals surface area contributed by atoms with Crippen LogP contribution in [-0.2, 0) is 20.6 Å². The first kappa shape index (κ1) is 26.6. The fraction of sp³-hybridized carbons (Fsp3) is 0.107. The molecular weight excluding hydrogens is 528 g/mol. The maximum Gasteiger partial charge on any atom is 0.264 e. The average molecular weight is 553 g/mol. The van der Waals surface area contributed by atoms with E-state index in [1.807, 2.05) is 30.3 Å². The number of methoxy groups -OCH3 is 1. The number of ether oxygens (including phenoxy) is 1. The molecule has 0 aliphatic heterocycles. The topological polar surface area (TPSA) is 75.7 Å². The van der Waals surface area contributed by atoms with Gasteiger partial charge in [0.2, 0.25) is 5.91 Å². The van der Waals surface area contributed by atoms with Gasteiger partial charge < -0.3 is 10.1 Å². The molecule has 6 nitrogen and oxygen atoms in total. The lowest BCUT2D eigenvalue weighted by Crippen LogP contribution is -2.38. The molecule has 0 bridgehead atoms. The van der Waals surface area contributed by atoms with E-state index in [9.17, 15) is 13.2 Å². The second kappa shape index (κ2) is 12.2. The third-order valence-corrected chi connectivity index (χ3v) is 8.52. The lowest BCUT2D eigenvalue weighted by atomic mass is 10.2. The van der Waals surface area contributed by atoms with E-state index in [0.717, 1.165) is 15.6 Å². The number of benzene rings is 4. The van der Waals surface area contributed by atoms with Gasteiger partial charge in [-0.1, -0.05) is 48.0 Å². The first-order chi connectivity index (χ1) is 17.8. The number of halogens is 1. The van der Waals surface area contributed by atoms with Crippen molar-refractivity contribution in [3.8, 4) is 5.75 Å². The monoisotopic (exact) mass is 552 g/mol. The molecule has 1 amide bonds. The molecule has 0 aliphatic carbocycles. The van der Waals surface area contributed by atoms with Crippen LogP contribution in [0.2, 0.25) is 5.02 Å². The maximum absolute atomic E-state index is 13.5. The van der Waals surface area contributed by atoms with E-state index in [1.165, 1.54) is 30.2 Å². The van der Waals surface area contributed by atoms with Crippen molar-refractivity contribution in [2.24, 2.45) is 0 Å². The Morgan fingerprint density at radius 3 is 2.27 bits per heavy atom. The Balaban J connectivity index is 1.49. The van der Waals surface area contributed by atoms with Crippen LogP contribution in [0.1, 0.15) is 5.56 Å². The van der Waals surface area contributed by atoms with Crippen molar-refractivity contribution < 1.29 is 17.9 Å². The molecule has 0 unspecified atom stereocenters. The first-order valence-electron chi connectivity index (χ1n) is 11.3. The molecule has 0 atom stereocenters. The van der Waals surface area contributed by atoms with Gasteiger partial charge in [0.15, 0.2) is 0 Å². The Labute approximate surface area is 226 Å². The van der Waals surface area contributed by atoms with Crippen LogP contribution >= 0.6 is 23.4 Å². The summed E-state index contributed by atoms with van der Waals surface area (Å²) in [6, 6.07) is 30.0. The van der Waals surface area contributed by atoms with Crippen LogP contribution in [0.5, 0.6) is 5.75 Å². The summed E-state index contributed by atoms with van der Waals surface area (Å²) < 4.78 is 33.2. The molecule has 9 heteroatoms. The fourth-order valence-corrected chi connectivity index (χ4v) is 5.99. The fourth-order valence-electron chi connectivity index (χ4n) is 3.52. The van der Waals surface area contributed by atoms with E-state index >= 15 is 0 Å². The van der Waals surface area contributed by atoms with Crippen molar-refractivity contribution >= 4 is 50.7 Å². The molecule has 0 spiro atoms. The minimum Gasteiger partial charge on any atom is -0.497 e. The molecule has 0 saturated heterocycles. The molecule has 0 aromatic heterocycles. The van der Waals surface area contributed by atoms with E-state index in [2.05, 4.69) is 17.4 Å². The predicted molar refractivity (Wildman–Crippen MR) is 150 cm³/mol. The third-order valence-electron chi connectivity index (χ3n) is 5.42. The smallest absolute Gasteiger partial charge is 0.264 e. The molecule has 4 aromatic rings. The van der Waals surface area contributed by atoms with E-state index in [4.69, 9.17) is 16.3 Å². The van der Waals surface area contributed by atoms with E-state index in [0.29, 0.717) is 16.5 Å². The van der Waals surface area contributed by atoms with Gasteiger partial charge in [-0.3, -0.25) is 9.10 Å². The Hall–Kier alpha value is -3.46. The summed E-state index contributed by atoms with van der Waals surface area (Å²) in [5.74, 6) is 0.834. The molecule has 1 N–H and O–H groups in total. The lowest BCUT2D eigenvalue weighted by molar-refractivity contribution is -0.114. The normalized spacial score (nSPS) is 11.1. The number of anilines is 2. The highest BCUT2D eigenvalue weighted by Gasteiger charge is 2.27. The van der Waals surface area contributed by atoms with E-state index < -0.39 is 22.5 Å². The average Bonchev–Trinajstić information content (AvgIpc) is 2.92. The molecule has 37 heavy (non-hydrogen) atoms. The number of sulfonamides is 1. The van der Waals surface area contributed by atoms with Crippen molar-refractivity contribution in [3.63, 3.8) is 0 Å². The highest BCUT2D eigenvalue weighted by molar-refractivity contribution is 7.98. The van der Waals surface area contributed by atoms with Crippen LogP contribution in [0.15, 0.2) is 113 Å². The van der Waals surface area contributed by atoms with Gasteiger partial charge in [0, 0.05) is 21.4 Å². The number of hydrogen-bond donors (Lipinski definition) is 1. The Kier molecular flexibility index (Phi) is 8.76. The lowest BCUT2D eigenvalue weighted by Gasteiger charge is -2.24. The molecule has 4 rings (SSSR count). The van der Waals surface area contributed by atoms with Crippen LogP contribution in [0.3, 0.4) is 0 Å². The van der Waals surface area contributed by atoms with Crippen molar-refractivity contribution in [1.29, 1.82) is 0 Å². The van der Waals surface area contributed by atoms with Crippen LogP contribution < -0.4 is 14.4 Å². The second-order valence-electron chi connectivity index (χ2n) is 8.01. The van der Waals surface area contributed by atoms with Crippen LogP contribution in [-0.4, -0.2) is 28.0 Å². The molecule has 0 radical (unpaired) electrons. The molecule has 0 saturated carbocycles. The third kappa shape index (κ3) is 7.07. The quantitative estimate of drug-likeness (QED) is 0.228. The Bertz CT molecular complexity index is 1450. The minimum atomic E-state index is -4.07. The minimum absolute atomic E-state index is 0.0290. The van der Waals surface area contributed by atoms with Crippen molar-refractivity contribution in [2.75, 3.05) is 23.3 Å². The van der Waals surface area contributed by atoms with Gasteiger partial charge in [0.25, 0.3) is 10.0 Å². The highest BCUT2D eigenvalue weighted by atomic mass is 35.5. The van der Waals surface area contributed by atoms with Gasteiger partial charge in [0.05, 0.1) is 17.7 Å². The Morgan fingerprint density at radius 1 is 0.919 bits per heavy atom. The van der Waals surface area contributed by atoms with E-state index in [1.54, 1.807) is 54.2 Å². The van der Waals surface area contributed by atoms with Gasteiger partial charge >= 0.3 is 0 Å². The summed E-state index contributed by atoms with van der Waals surface area (Å²) in [5.41, 5.74) is 1.97. The number of carbonyl (C=O) groups excluding carboxylic acids is 1. The summed E-state index contributed by atoms with van der Waals surface area (Å²) in [7, 11) is -2.57. The number of rotatable bonds is 10. The molecular formula is C28H25ClN2O4S2. The maximum atomic E-state index is 13.5. The van der Waals surface area contributed by atoms with Gasteiger partial charge in [-0.05, 0) is 72.3 Å². The zero-order chi connectivity index (χ0) is 26.3. The highest BCUT2D eigenvalue weighted by Crippen LogP contribution is 2.28. The summed E-state index contributed by atoms with van der Waals surface area (Å²) in [5, 5.41) is 3.15. The summed E-state index contributed by atoms with van der Waals surface area (Å²) in [4.78, 5) is 14.2. The molecule has 190 valence electrons. The Morgan fingerprint density at radius 2 is 1.62 bits per heavy atom. The number of nitrogens with one attached hydrogen (secondary N) is 1. The van der Waals surface area contributed by atoms with Gasteiger partial charge in [-0.15, -0.1) is 11.8 Å². The van der Waals surface area contributed by atoms with Crippen LogP contribution in [0.25, 0.3) is 0 Å². The summed E-state index contributed by atoms with van der Waals surface area (Å²) in [6.45, 7) is -0.430. The molecule has 4 aromatic carbocycles. The number of carbonyl (C=O) groups is 1.